The first kappa shape index (κ1) is 21.9. The van der Waals surface area contributed by atoms with Gasteiger partial charge in [-0.2, -0.15) is 0 Å². The van der Waals surface area contributed by atoms with Crippen molar-refractivity contribution in [3.63, 3.8) is 0 Å². The molecule has 0 saturated heterocycles. The molecule has 0 heteroatoms. The Bertz CT molecular complexity index is 510. The van der Waals surface area contributed by atoms with Crippen molar-refractivity contribution >= 4 is 0 Å². The van der Waals surface area contributed by atoms with Crippen LogP contribution in [0.15, 0.2) is 37.0 Å². The van der Waals surface area contributed by atoms with E-state index in [1.807, 2.05) is 0 Å². The number of allylic oxidation sites excluding steroid dienone is 4. The lowest BCUT2D eigenvalue weighted by molar-refractivity contribution is 0.183. The Labute approximate surface area is 176 Å². The molecule has 28 heavy (non-hydrogen) atoms. The zero-order chi connectivity index (χ0) is 19.8. The van der Waals surface area contributed by atoms with Crippen LogP contribution in [0.25, 0.3) is 0 Å². The van der Waals surface area contributed by atoms with Crippen LogP contribution in [0.1, 0.15) is 110 Å². The molecule has 0 N–H and O–H groups in total. The van der Waals surface area contributed by atoms with Crippen molar-refractivity contribution in [3.05, 3.63) is 37.0 Å². The highest BCUT2D eigenvalue weighted by Gasteiger charge is 2.38. The summed E-state index contributed by atoms with van der Waals surface area (Å²) < 4.78 is 0. The Morgan fingerprint density at radius 1 is 0.929 bits per heavy atom. The van der Waals surface area contributed by atoms with Gasteiger partial charge in [-0.25, -0.2) is 0 Å². The lowest BCUT2D eigenvalue weighted by Gasteiger charge is -2.44. The van der Waals surface area contributed by atoms with Crippen LogP contribution >= 0.6 is 0 Å². The van der Waals surface area contributed by atoms with Gasteiger partial charge in [0.1, 0.15) is 0 Å². The second-order valence-electron chi connectivity index (χ2n) is 10.3. The van der Waals surface area contributed by atoms with Crippen LogP contribution < -0.4 is 0 Å². The van der Waals surface area contributed by atoms with Crippen molar-refractivity contribution in [1.29, 1.82) is 0 Å². The molecule has 2 unspecified atom stereocenters. The Morgan fingerprint density at radius 2 is 1.64 bits per heavy atom. The molecule has 0 bridgehead atoms. The molecule has 0 aliphatic heterocycles. The van der Waals surface area contributed by atoms with Gasteiger partial charge in [-0.1, -0.05) is 69.4 Å². The molecule has 3 fully saturated rings. The van der Waals surface area contributed by atoms with E-state index >= 15 is 0 Å². The van der Waals surface area contributed by atoms with Crippen molar-refractivity contribution in [1.82, 2.24) is 0 Å². The SMILES string of the molecule is C=CC1CCC(CC/C=C/C2CCCCC2C(=C)C2(CC)CCCCC2)CC1. The van der Waals surface area contributed by atoms with E-state index in [0.29, 0.717) is 5.41 Å². The highest BCUT2D eigenvalue weighted by Crippen LogP contribution is 2.51. The topological polar surface area (TPSA) is 0 Å². The van der Waals surface area contributed by atoms with Crippen LogP contribution in [0.5, 0.6) is 0 Å². The van der Waals surface area contributed by atoms with E-state index in [-0.39, 0.29) is 0 Å². The van der Waals surface area contributed by atoms with Gasteiger partial charge < -0.3 is 0 Å². The fourth-order valence-corrected chi connectivity index (χ4v) is 6.66. The monoisotopic (exact) mass is 382 g/mol. The first-order valence-corrected chi connectivity index (χ1v) is 12.7. The van der Waals surface area contributed by atoms with Crippen LogP contribution in [0.2, 0.25) is 0 Å². The number of hydrogen-bond acceptors (Lipinski definition) is 0. The maximum atomic E-state index is 4.77. The van der Waals surface area contributed by atoms with Gasteiger partial charge in [0.05, 0.1) is 0 Å². The van der Waals surface area contributed by atoms with E-state index in [1.165, 1.54) is 103 Å². The summed E-state index contributed by atoms with van der Waals surface area (Å²) in [7, 11) is 0. The summed E-state index contributed by atoms with van der Waals surface area (Å²) >= 11 is 0. The molecular weight excluding hydrogens is 336 g/mol. The van der Waals surface area contributed by atoms with Gasteiger partial charge in [-0.05, 0) is 99.7 Å². The van der Waals surface area contributed by atoms with Crippen molar-refractivity contribution < 1.29 is 0 Å². The molecule has 3 aliphatic carbocycles. The second kappa shape index (κ2) is 10.8. The minimum atomic E-state index is 0.468. The molecule has 0 aromatic rings. The molecule has 2 atom stereocenters. The third-order valence-electron chi connectivity index (χ3n) is 8.79. The summed E-state index contributed by atoms with van der Waals surface area (Å²) in [5, 5.41) is 0. The molecule has 0 nitrogen and oxygen atoms in total. The van der Waals surface area contributed by atoms with Crippen LogP contribution in [0.3, 0.4) is 0 Å². The fourth-order valence-electron chi connectivity index (χ4n) is 6.66. The Kier molecular flexibility index (Phi) is 8.49. The summed E-state index contributed by atoms with van der Waals surface area (Å²) in [6, 6.07) is 0. The summed E-state index contributed by atoms with van der Waals surface area (Å²) in [5.41, 5.74) is 2.11. The maximum Gasteiger partial charge on any atom is -0.00904 e. The van der Waals surface area contributed by atoms with Gasteiger partial charge in [0.15, 0.2) is 0 Å². The molecular formula is C28H46. The number of hydrogen-bond donors (Lipinski definition) is 0. The average molecular weight is 383 g/mol. The summed E-state index contributed by atoms with van der Waals surface area (Å²) in [6.07, 6.45) is 29.7. The van der Waals surface area contributed by atoms with Gasteiger partial charge in [0, 0.05) is 0 Å². The third kappa shape index (κ3) is 5.43. The van der Waals surface area contributed by atoms with Crippen molar-refractivity contribution in [2.45, 2.75) is 110 Å². The van der Waals surface area contributed by atoms with Gasteiger partial charge >= 0.3 is 0 Å². The van der Waals surface area contributed by atoms with Gasteiger partial charge in [-0.3, -0.25) is 0 Å². The third-order valence-corrected chi connectivity index (χ3v) is 8.79. The lowest BCUT2D eigenvalue weighted by Crippen LogP contribution is -2.33. The zero-order valence-corrected chi connectivity index (χ0v) is 18.8. The normalized spacial score (nSPS) is 33.6. The highest BCUT2D eigenvalue weighted by atomic mass is 14.4. The van der Waals surface area contributed by atoms with Gasteiger partial charge in [0.2, 0.25) is 0 Å². The first-order valence-electron chi connectivity index (χ1n) is 12.7. The van der Waals surface area contributed by atoms with Gasteiger partial charge in [-0.15, -0.1) is 6.58 Å². The quantitative estimate of drug-likeness (QED) is 0.367. The molecule has 3 saturated carbocycles. The molecule has 0 amide bonds. The predicted octanol–water partition coefficient (Wildman–Crippen LogP) is 9.04. The van der Waals surface area contributed by atoms with E-state index in [1.54, 1.807) is 5.57 Å². The van der Waals surface area contributed by atoms with Crippen molar-refractivity contribution in [2.75, 3.05) is 0 Å². The Hall–Kier alpha value is -0.780. The smallest absolute Gasteiger partial charge is 0.00904 e. The minimum absolute atomic E-state index is 0.468. The molecule has 3 rings (SSSR count). The summed E-state index contributed by atoms with van der Waals surface area (Å²) in [4.78, 5) is 0. The molecule has 0 aromatic heterocycles. The second-order valence-corrected chi connectivity index (χ2v) is 10.3. The first-order chi connectivity index (χ1) is 13.7. The van der Waals surface area contributed by atoms with Crippen LogP contribution in [-0.4, -0.2) is 0 Å². The van der Waals surface area contributed by atoms with Crippen LogP contribution in [0, 0.1) is 29.1 Å². The Morgan fingerprint density at radius 3 is 2.32 bits per heavy atom. The average Bonchev–Trinajstić information content (AvgIpc) is 2.77. The van der Waals surface area contributed by atoms with E-state index in [9.17, 15) is 0 Å². The highest BCUT2D eigenvalue weighted by molar-refractivity contribution is 5.19. The predicted molar refractivity (Wildman–Crippen MR) is 124 cm³/mol. The standard InChI is InChI=1S/C28H46/c1-4-24-17-19-25(20-18-24)13-7-8-14-26-15-9-10-16-27(26)23(3)28(5-2)21-11-6-12-22-28/h4,8,14,24-27H,1,3,5-7,9-13,15-22H2,2H3/b14-8+. The van der Waals surface area contributed by atoms with E-state index in [2.05, 4.69) is 31.7 Å². The lowest BCUT2D eigenvalue weighted by atomic mass is 9.60. The van der Waals surface area contributed by atoms with E-state index < -0.39 is 0 Å². The van der Waals surface area contributed by atoms with Crippen molar-refractivity contribution in [3.8, 4) is 0 Å². The fraction of sp³-hybridized carbons (Fsp3) is 0.786. The molecule has 0 spiro atoms. The summed E-state index contributed by atoms with van der Waals surface area (Å²) in [5.74, 6) is 3.28. The van der Waals surface area contributed by atoms with Gasteiger partial charge in [0.25, 0.3) is 0 Å². The van der Waals surface area contributed by atoms with Crippen molar-refractivity contribution in [2.24, 2.45) is 29.1 Å². The van der Waals surface area contributed by atoms with E-state index in [0.717, 1.165) is 23.7 Å². The maximum absolute atomic E-state index is 4.77. The zero-order valence-electron chi connectivity index (χ0n) is 18.8. The molecule has 158 valence electrons. The van der Waals surface area contributed by atoms with Crippen LogP contribution in [0.4, 0.5) is 0 Å². The Balaban J connectivity index is 1.52. The largest absolute Gasteiger partial charge is 0.103 e. The van der Waals surface area contributed by atoms with E-state index in [4.69, 9.17) is 6.58 Å². The molecule has 0 heterocycles. The minimum Gasteiger partial charge on any atom is -0.103 e. The number of rotatable bonds is 8. The molecule has 0 radical (unpaired) electrons. The van der Waals surface area contributed by atoms with Crippen LogP contribution in [-0.2, 0) is 0 Å². The summed E-state index contributed by atoms with van der Waals surface area (Å²) in [6.45, 7) is 11.2. The molecule has 3 aliphatic rings. The molecule has 0 aromatic carbocycles.